The molecule has 1 fully saturated rings. The molecule has 9 nitrogen and oxygen atoms in total. The average molecular weight is 462 g/mol. The van der Waals surface area contributed by atoms with Crippen LogP contribution < -0.4 is 11.1 Å². The van der Waals surface area contributed by atoms with E-state index in [1.807, 2.05) is 36.4 Å². The zero-order valence-corrected chi connectivity index (χ0v) is 18.4. The summed E-state index contributed by atoms with van der Waals surface area (Å²) in [5.41, 5.74) is 6.77. The van der Waals surface area contributed by atoms with Gasteiger partial charge in [-0.2, -0.15) is 14.8 Å². The number of nitrogens with zero attached hydrogens (tertiary/aromatic N) is 5. The number of nitrogens with one attached hydrogen (secondary N) is 1. The molecule has 2 amide bonds. The summed E-state index contributed by atoms with van der Waals surface area (Å²) in [6, 6.07) is 15.2. The van der Waals surface area contributed by atoms with Crippen molar-refractivity contribution in [3.63, 3.8) is 0 Å². The molecule has 174 valence electrons. The Morgan fingerprint density at radius 1 is 1.24 bits per heavy atom. The van der Waals surface area contributed by atoms with Gasteiger partial charge in [0, 0.05) is 37.0 Å². The molecule has 3 N–H and O–H groups in total. The summed E-state index contributed by atoms with van der Waals surface area (Å²) in [5, 5.41) is 16.2. The normalized spacial score (nSPS) is 15.4. The number of carbonyl (C=O) groups excluding carboxylic acids is 2. The van der Waals surface area contributed by atoms with Crippen molar-refractivity contribution in [1.82, 2.24) is 19.7 Å². The van der Waals surface area contributed by atoms with Crippen LogP contribution >= 0.6 is 0 Å². The number of likely N-dealkylation sites (tertiary alicyclic amines) is 1. The van der Waals surface area contributed by atoms with Crippen LogP contribution in [0.2, 0.25) is 0 Å². The van der Waals surface area contributed by atoms with E-state index in [4.69, 9.17) is 5.73 Å². The van der Waals surface area contributed by atoms with E-state index in [9.17, 15) is 19.2 Å². The lowest BCUT2D eigenvalue weighted by molar-refractivity contribution is -0.105. The second-order valence-corrected chi connectivity index (χ2v) is 8.31. The fraction of sp³-hybridized carbons (Fsp3) is 0.292. The van der Waals surface area contributed by atoms with Gasteiger partial charge in [0.05, 0.1) is 23.7 Å². The minimum Gasteiger partial charge on any atom is -0.365 e. The van der Waals surface area contributed by atoms with Crippen LogP contribution in [0.15, 0.2) is 48.7 Å². The molecule has 1 aromatic carbocycles. The fourth-order valence-electron chi connectivity index (χ4n) is 4.31. The number of rotatable bonds is 8. The zero-order valence-electron chi connectivity index (χ0n) is 18.4. The molecule has 4 rings (SSSR count). The Morgan fingerprint density at radius 2 is 1.97 bits per heavy atom. The van der Waals surface area contributed by atoms with Crippen LogP contribution in [-0.2, 0) is 16.9 Å². The first-order valence-electron chi connectivity index (χ1n) is 10.9. The highest BCUT2D eigenvalue weighted by Gasteiger charge is 2.38. The summed E-state index contributed by atoms with van der Waals surface area (Å²) in [5.74, 6) is -1.16. The number of primary amides is 1. The third kappa shape index (κ3) is 4.65. The second kappa shape index (κ2) is 9.80. The van der Waals surface area contributed by atoms with Crippen LogP contribution in [0, 0.1) is 17.3 Å². The van der Waals surface area contributed by atoms with Crippen molar-refractivity contribution in [1.29, 1.82) is 5.26 Å². The van der Waals surface area contributed by atoms with Gasteiger partial charge in [-0.25, -0.2) is 4.98 Å². The van der Waals surface area contributed by atoms with Crippen LogP contribution in [0.3, 0.4) is 0 Å². The number of hydrogen-bond acceptors (Lipinski definition) is 6. The SMILES string of the molecule is N#CCC1(n2cc(C(N)=O)c(NC=O)n2)CCN(Cc2ccc(-c3ccccc3)nc2F)CC1. The van der Waals surface area contributed by atoms with Gasteiger partial charge in [-0.15, -0.1) is 0 Å². The number of nitrogens with two attached hydrogens (primary N) is 1. The Hall–Kier alpha value is -4.10. The fourth-order valence-corrected chi connectivity index (χ4v) is 4.31. The maximum atomic E-state index is 14.7. The highest BCUT2D eigenvalue weighted by atomic mass is 19.1. The van der Waals surface area contributed by atoms with Gasteiger partial charge >= 0.3 is 0 Å². The van der Waals surface area contributed by atoms with Crippen LogP contribution in [0.4, 0.5) is 10.2 Å². The summed E-state index contributed by atoms with van der Waals surface area (Å²) in [7, 11) is 0. The molecule has 1 saturated heterocycles. The zero-order chi connectivity index (χ0) is 24.1. The van der Waals surface area contributed by atoms with E-state index in [1.54, 1.807) is 10.7 Å². The topological polar surface area (TPSA) is 130 Å². The summed E-state index contributed by atoms with van der Waals surface area (Å²) in [6.07, 6.45) is 3.18. The first kappa shape index (κ1) is 23.1. The molecular weight excluding hydrogens is 437 g/mol. The summed E-state index contributed by atoms with van der Waals surface area (Å²) >= 11 is 0. The molecule has 0 spiro atoms. The number of halogens is 1. The smallest absolute Gasteiger partial charge is 0.254 e. The number of hydrogen-bond donors (Lipinski definition) is 2. The summed E-state index contributed by atoms with van der Waals surface area (Å²) in [6.45, 7) is 1.56. The number of benzene rings is 1. The highest BCUT2D eigenvalue weighted by molar-refractivity contribution is 5.99. The number of aromatic nitrogens is 3. The Bertz CT molecular complexity index is 1230. The molecule has 0 bridgehead atoms. The van der Waals surface area contributed by atoms with Gasteiger partial charge in [-0.1, -0.05) is 36.4 Å². The van der Waals surface area contributed by atoms with Crippen molar-refractivity contribution in [2.24, 2.45) is 5.73 Å². The lowest BCUT2D eigenvalue weighted by Crippen LogP contribution is -2.46. The standard InChI is InChI=1S/C24H24FN7O2/c25-21-18(6-7-20(29-21)17-4-2-1-3-5-17)14-31-12-9-24(8-11-26,10-13-31)32-15-19(22(27)34)23(30-32)28-16-33/h1-7,15-16H,8-10,12-14H2,(H2,27,34)(H,28,30,33). The summed E-state index contributed by atoms with van der Waals surface area (Å²) < 4.78 is 16.3. The molecule has 1 aliphatic rings. The lowest BCUT2D eigenvalue weighted by Gasteiger charge is -2.40. The molecule has 34 heavy (non-hydrogen) atoms. The van der Waals surface area contributed by atoms with Gasteiger partial charge in [-0.05, 0) is 18.9 Å². The van der Waals surface area contributed by atoms with Crippen molar-refractivity contribution in [2.45, 2.75) is 31.3 Å². The largest absolute Gasteiger partial charge is 0.365 e. The van der Waals surface area contributed by atoms with Gasteiger partial charge in [0.15, 0.2) is 5.82 Å². The molecule has 0 saturated carbocycles. The first-order valence-corrected chi connectivity index (χ1v) is 10.9. The Labute approximate surface area is 196 Å². The molecule has 0 unspecified atom stereocenters. The van der Waals surface area contributed by atoms with E-state index in [2.05, 4.69) is 26.4 Å². The number of anilines is 1. The molecule has 0 aliphatic carbocycles. The van der Waals surface area contributed by atoms with Gasteiger partial charge in [-0.3, -0.25) is 19.2 Å². The number of amides is 2. The van der Waals surface area contributed by atoms with Crippen LogP contribution in [0.25, 0.3) is 11.3 Å². The van der Waals surface area contributed by atoms with Crippen molar-refractivity contribution in [3.05, 3.63) is 65.7 Å². The second-order valence-electron chi connectivity index (χ2n) is 8.31. The highest BCUT2D eigenvalue weighted by Crippen LogP contribution is 2.35. The minimum atomic E-state index is -0.720. The number of nitriles is 1. The predicted octanol–water partition coefficient (Wildman–Crippen LogP) is 2.66. The number of carbonyl (C=O) groups is 2. The van der Waals surface area contributed by atoms with Crippen LogP contribution in [-0.4, -0.2) is 45.1 Å². The van der Waals surface area contributed by atoms with E-state index in [1.165, 1.54) is 6.20 Å². The first-order chi connectivity index (χ1) is 16.5. The monoisotopic (exact) mass is 461 g/mol. The predicted molar refractivity (Wildman–Crippen MR) is 123 cm³/mol. The maximum Gasteiger partial charge on any atom is 0.254 e. The van der Waals surface area contributed by atoms with E-state index in [0.717, 1.165) is 5.56 Å². The molecule has 0 atom stereocenters. The molecule has 3 aromatic rings. The quantitative estimate of drug-likeness (QED) is 0.392. The van der Waals surface area contributed by atoms with Gasteiger partial charge in [0.1, 0.15) is 5.56 Å². The van der Waals surface area contributed by atoms with Crippen LogP contribution in [0.5, 0.6) is 0 Å². The van der Waals surface area contributed by atoms with Crippen LogP contribution in [0.1, 0.15) is 35.2 Å². The van der Waals surface area contributed by atoms with E-state index < -0.39 is 17.4 Å². The number of pyridine rings is 1. The van der Waals surface area contributed by atoms with E-state index in [0.29, 0.717) is 50.1 Å². The Kier molecular flexibility index (Phi) is 6.65. The van der Waals surface area contributed by atoms with E-state index in [-0.39, 0.29) is 17.8 Å². The third-order valence-electron chi connectivity index (χ3n) is 6.25. The minimum absolute atomic E-state index is 0.0638. The molecule has 0 radical (unpaired) electrons. The molecule has 2 aromatic heterocycles. The third-order valence-corrected chi connectivity index (χ3v) is 6.25. The van der Waals surface area contributed by atoms with Crippen molar-refractivity contribution in [3.8, 4) is 17.3 Å². The molecular formula is C24H24FN7O2. The van der Waals surface area contributed by atoms with Gasteiger partial charge < -0.3 is 11.1 Å². The maximum absolute atomic E-state index is 14.7. The van der Waals surface area contributed by atoms with Gasteiger partial charge in [0.25, 0.3) is 5.91 Å². The molecule has 1 aliphatic heterocycles. The van der Waals surface area contributed by atoms with Crippen molar-refractivity contribution >= 4 is 18.1 Å². The number of piperidine rings is 1. The Balaban J connectivity index is 1.49. The summed E-state index contributed by atoms with van der Waals surface area (Å²) in [4.78, 5) is 28.9. The Morgan fingerprint density at radius 3 is 2.59 bits per heavy atom. The molecule has 3 heterocycles. The van der Waals surface area contributed by atoms with Gasteiger partial charge in [0.2, 0.25) is 12.4 Å². The van der Waals surface area contributed by atoms with E-state index >= 15 is 0 Å². The van der Waals surface area contributed by atoms with Crippen molar-refractivity contribution in [2.75, 3.05) is 18.4 Å². The lowest BCUT2D eigenvalue weighted by atomic mass is 9.84. The van der Waals surface area contributed by atoms with Crippen molar-refractivity contribution < 1.29 is 14.0 Å². The molecule has 10 heteroatoms. The average Bonchev–Trinajstić information content (AvgIpc) is 3.28.